The molecule has 0 aromatic carbocycles. The maximum absolute atomic E-state index is 14.7. The van der Waals surface area contributed by atoms with E-state index in [1.54, 1.807) is 0 Å². The Bertz CT molecular complexity index is 619. The van der Waals surface area contributed by atoms with Crippen molar-refractivity contribution in [2.45, 2.75) is 26.7 Å². The molecule has 0 amide bonds. The SMILES string of the molecule is CCC1(CC)C(F)=C(F)C(OC)=C(F)C1C(=O)C(C(=O)O)C(=O)O. The summed E-state index contributed by atoms with van der Waals surface area (Å²) in [6.45, 7) is 2.72. The molecule has 0 spiro atoms. The molecule has 1 aliphatic rings. The number of aliphatic carboxylic acids is 2. The Hall–Kier alpha value is -2.32. The fourth-order valence-electron chi connectivity index (χ4n) is 2.99. The van der Waals surface area contributed by atoms with E-state index in [4.69, 9.17) is 10.2 Å². The van der Waals surface area contributed by atoms with Gasteiger partial charge in [-0.05, 0) is 12.8 Å². The molecule has 0 aromatic rings. The monoisotopic (exact) mass is 350 g/mol. The number of carbonyl (C=O) groups is 3. The Morgan fingerprint density at radius 2 is 1.58 bits per heavy atom. The number of hydrogen-bond donors (Lipinski definition) is 2. The predicted octanol–water partition coefficient (Wildman–Crippen LogP) is 2.76. The maximum Gasteiger partial charge on any atom is 0.325 e. The summed E-state index contributed by atoms with van der Waals surface area (Å²) >= 11 is 0. The number of carboxylic acid groups (broad SMARTS) is 2. The fraction of sp³-hybridized carbons (Fsp3) is 0.533. The Morgan fingerprint density at radius 1 is 1.12 bits per heavy atom. The number of carboxylic acids is 2. The van der Waals surface area contributed by atoms with Gasteiger partial charge < -0.3 is 14.9 Å². The second-order valence-corrected chi connectivity index (χ2v) is 5.32. The van der Waals surface area contributed by atoms with E-state index in [0.717, 1.165) is 7.11 Å². The summed E-state index contributed by atoms with van der Waals surface area (Å²) < 4.78 is 47.7. The van der Waals surface area contributed by atoms with Gasteiger partial charge >= 0.3 is 11.9 Å². The number of methoxy groups -OCH3 is 1. The lowest BCUT2D eigenvalue weighted by molar-refractivity contribution is -0.159. The Kier molecular flexibility index (Phi) is 5.80. The second-order valence-electron chi connectivity index (χ2n) is 5.32. The molecule has 0 saturated heterocycles. The van der Waals surface area contributed by atoms with E-state index >= 15 is 0 Å². The molecule has 0 fully saturated rings. The Balaban J connectivity index is 3.67. The topological polar surface area (TPSA) is 101 Å². The van der Waals surface area contributed by atoms with E-state index in [0.29, 0.717) is 0 Å². The molecule has 1 rings (SSSR count). The van der Waals surface area contributed by atoms with Gasteiger partial charge in [-0.1, -0.05) is 13.8 Å². The minimum absolute atomic E-state index is 0.254. The summed E-state index contributed by atoms with van der Waals surface area (Å²) in [6.07, 6.45) is -0.509. The molecule has 24 heavy (non-hydrogen) atoms. The van der Waals surface area contributed by atoms with Crippen molar-refractivity contribution in [1.82, 2.24) is 0 Å². The van der Waals surface area contributed by atoms with Crippen LogP contribution in [0.3, 0.4) is 0 Å². The largest absolute Gasteiger partial charge is 0.491 e. The molecule has 0 bridgehead atoms. The van der Waals surface area contributed by atoms with E-state index in [-0.39, 0.29) is 12.8 Å². The van der Waals surface area contributed by atoms with Gasteiger partial charge in [-0.25, -0.2) is 8.78 Å². The van der Waals surface area contributed by atoms with Crippen LogP contribution in [0, 0.1) is 17.3 Å². The first-order valence-corrected chi connectivity index (χ1v) is 7.09. The van der Waals surface area contributed by atoms with Crippen LogP contribution in [0.1, 0.15) is 26.7 Å². The number of carbonyl (C=O) groups excluding carboxylic acids is 1. The molecule has 0 aliphatic heterocycles. The first kappa shape index (κ1) is 19.7. The lowest BCUT2D eigenvalue weighted by atomic mass is 9.64. The van der Waals surface area contributed by atoms with Gasteiger partial charge in [-0.2, -0.15) is 4.39 Å². The number of halogens is 3. The second kappa shape index (κ2) is 7.06. The molecule has 9 heteroatoms. The molecular formula is C15H17F3O6. The van der Waals surface area contributed by atoms with Crippen molar-refractivity contribution < 1.29 is 42.5 Å². The third kappa shape index (κ3) is 2.78. The normalized spacial score (nSPS) is 20.4. The molecule has 1 atom stereocenters. The van der Waals surface area contributed by atoms with Crippen LogP contribution in [0.5, 0.6) is 0 Å². The van der Waals surface area contributed by atoms with Gasteiger partial charge in [0.05, 0.1) is 13.0 Å². The van der Waals surface area contributed by atoms with Crippen LogP contribution in [-0.4, -0.2) is 35.0 Å². The van der Waals surface area contributed by atoms with Gasteiger partial charge in [0.1, 0.15) is 5.83 Å². The van der Waals surface area contributed by atoms with Gasteiger partial charge in [0.2, 0.25) is 5.92 Å². The number of ketones is 1. The van der Waals surface area contributed by atoms with E-state index in [2.05, 4.69) is 4.74 Å². The van der Waals surface area contributed by atoms with Crippen LogP contribution in [0.25, 0.3) is 0 Å². The molecular weight excluding hydrogens is 333 g/mol. The van der Waals surface area contributed by atoms with Crippen molar-refractivity contribution in [2.24, 2.45) is 17.3 Å². The standard InChI is InChI=1S/C15H17F3O6/c1-4-15(5-2)7(10(19)6(13(20)21)14(22)23)8(16)11(24-3)9(17)12(15)18/h6-7H,4-5H2,1-3H3,(H,20,21)(H,22,23). The molecule has 2 N–H and O–H groups in total. The third-order valence-corrected chi connectivity index (χ3v) is 4.38. The summed E-state index contributed by atoms with van der Waals surface area (Å²) in [5.74, 6) is -16.1. The molecule has 134 valence electrons. The van der Waals surface area contributed by atoms with Crippen molar-refractivity contribution in [3.8, 4) is 0 Å². The summed E-state index contributed by atoms with van der Waals surface area (Å²) in [5, 5.41) is 17.9. The van der Waals surface area contributed by atoms with E-state index in [1.807, 2.05) is 0 Å². The molecule has 0 aromatic heterocycles. The van der Waals surface area contributed by atoms with E-state index in [1.165, 1.54) is 13.8 Å². The molecule has 0 radical (unpaired) electrons. The number of allylic oxidation sites excluding steroid dienone is 3. The zero-order valence-corrected chi connectivity index (χ0v) is 13.2. The minimum atomic E-state index is -2.61. The highest BCUT2D eigenvalue weighted by atomic mass is 19.2. The Morgan fingerprint density at radius 3 is 1.92 bits per heavy atom. The average molecular weight is 350 g/mol. The summed E-state index contributed by atoms with van der Waals surface area (Å²) in [7, 11) is 0.847. The van der Waals surface area contributed by atoms with Crippen molar-refractivity contribution in [1.29, 1.82) is 0 Å². The molecule has 1 unspecified atom stereocenters. The van der Waals surface area contributed by atoms with Crippen LogP contribution in [0.4, 0.5) is 13.2 Å². The van der Waals surface area contributed by atoms with E-state index < -0.39 is 58.2 Å². The molecule has 6 nitrogen and oxygen atoms in total. The zero-order valence-electron chi connectivity index (χ0n) is 13.2. The summed E-state index contributed by atoms with van der Waals surface area (Å²) in [4.78, 5) is 34.6. The number of hydrogen-bond acceptors (Lipinski definition) is 4. The number of Topliss-reactive ketones (excluding diaryl/α,β-unsaturated/α-hetero) is 1. The van der Waals surface area contributed by atoms with Crippen molar-refractivity contribution in [3.05, 3.63) is 23.2 Å². The number of ether oxygens (including phenoxy) is 1. The van der Waals surface area contributed by atoms with Gasteiger partial charge in [0.25, 0.3) is 0 Å². The average Bonchev–Trinajstić information content (AvgIpc) is 2.50. The van der Waals surface area contributed by atoms with Crippen LogP contribution >= 0.6 is 0 Å². The fourth-order valence-corrected chi connectivity index (χ4v) is 2.99. The minimum Gasteiger partial charge on any atom is -0.491 e. The summed E-state index contributed by atoms with van der Waals surface area (Å²) in [5.41, 5.74) is -2.02. The predicted molar refractivity (Wildman–Crippen MR) is 74.7 cm³/mol. The van der Waals surface area contributed by atoms with E-state index in [9.17, 15) is 27.6 Å². The Labute approximate surface area is 135 Å². The van der Waals surface area contributed by atoms with Gasteiger partial charge in [-0.15, -0.1) is 0 Å². The highest BCUT2D eigenvalue weighted by Crippen LogP contribution is 2.54. The lowest BCUT2D eigenvalue weighted by Gasteiger charge is -2.40. The van der Waals surface area contributed by atoms with Crippen molar-refractivity contribution in [2.75, 3.05) is 7.11 Å². The zero-order chi connectivity index (χ0) is 18.8. The number of rotatable bonds is 7. The van der Waals surface area contributed by atoms with Crippen LogP contribution < -0.4 is 0 Å². The highest BCUT2D eigenvalue weighted by Gasteiger charge is 2.56. The van der Waals surface area contributed by atoms with Crippen LogP contribution in [-0.2, 0) is 19.1 Å². The first-order chi connectivity index (χ1) is 11.1. The van der Waals surface area contributed by atoms with Crippen LogP contribution in [0.2, 0.25) is 0 Å². The maximum atomic E-state index is 14.7. The quantitative estimate of drug-likeness (QED) is 0.685. The third-order valence-electron chi connectivity index (χ3n) is 4.38. The smallest absolute Gasteiger partial charge is 0.325 e. The van der Waals surface area contributed by atoms with Crippen molar-refractivity contribution >= 4 is 17.7 Å². The summed E-state index contributed by atoms with van der Waals surface area (Å²) in [6, 6.07) is 0. The first-order valence-electron chi connectivity index (χ1n) is 7.09. The van der Waals surface area contributed by atoms with Gasteiger partial charge in [0.15, 0.2) is 23.2 Å². The van der Waals surface area contributed by atoms with Crippen LogP contribution in [0.15, 0.2) is 23.2 Å². The highest BCUT2D eigenvalue weighted by molar-refractivity contribution is 6.15. The van der Waals surface area contributed by atoms with Crippen molar-refractivity contribution in [3.63, 3.8) is 0 Å². The lowest BCUT2D eigenvalue weighted by Crippen LogP contribution is -2.46. The van der Waals surface area contributed by atoms with Gasteiger partial charge in [0, 0.05) is 5.41 Å². The van der Waals surface area contributed by atoms with Gasteiger partial charge in [-0.3, -0.25) is 14.4 Å². The molecule has 1 aliphatic carbocycles. The molecule has 0 saturated carbocycles. The molecule has 0 heterocycles.